The highest BCUT2D eigenvalue weighted by molar-refractivity contribution is 8.18. The van der Waals surface area contributed by atoms with Crippen molar-refractivity contribution in [1.82, 2.24) is 4.90 Å². The van der Waals surface area contributed by atoms with E-state index in [1.165, 1.54) is 23.9 Å². The highest BCUT2D eigenvalue weighted by Crippen LogP contribution is 2.33. The van der Waals surface area contributed by atoms with Crippen molar-refractivity contribution in [3.8, 4) is 5.75 Å². The van der Waals surface area contributed by atoms with Gasteiger partial charge in [0, 0.05) is 18.7 Å². The van der Waals surface area contributed by atoms with Crippen LogP contribution in [0.5, 0.6) is 5.75 Å². The Hall–Kier alpha value is -2.62. The minimum atomic E-state index is -3.98. The predicted molar refractivity (Wildman–Crippen MR) is 111 cm³/mol. The molecule has 2 heterocycles. The summed E-state index contributed by atoms with van der Waals surface area (Å²) in [5.41, 5.74) is 0.487. The normalized spacial score (nSPS) is 18.8. The number of morpholine rings is 1. The molecule has 2 aliphatic rings. The molecule has 0 aliphatic carbocycles. The van der Waals surface area contributed by atoms with E-state index in [0.29, 0.717) is 41.9 Å². The lowest BCUT2D eigenvalue weighted by atomic mass is 10.2. The van der Waals surface area contributed by atoms with Gasteiger partial charge in [-0.2, -0.15) is 13.4 Å². The number of hydrogen-bond acceptors (Lipinski definition) is 7. The van der Waals surface area contributed by atoms with E-state index < -0.39 is 10.1 Å². The molecule has 4 rings (SSSR count). The fourth-order valence-electron chi connectivity index (χ4n) is 2.86. The zero-order chi connectivity index (χ0) is 20.3. The van der Waals surface area contributed by atoms with Crippen molar-refractivity contribution in [3.63, 3.8) is 0 Å². The van der Waals surface area contributed by atoms with Crippen LogP contribution < -0.4 is 4.18 Å². The molecule has 2 aliphatic heterocycles. The number of hydrogen-bond donors (Lipinski definition) is 0. The molecule has 0 aromatic heterocycles. The third-order valence-electron chi connectivity index (χ3n) is 4.33. The lowest BCUT2D eigenvalue weighted by molar-refractivity contribution is -0.113. The molecule has 0 radical (unpaired) electrons. The number of amidine groups is 1. The van der Waals surface area contributed by atoms with Crippen LogP contribution in [0.1, 0.15) is 5.56 Å². The van der Waals surface area contributed by atoms with Crippen LogP contribution in [0.3, 0.4) is 0 Å². The summed E-state index contributed by atoms with van der Waals surface area (Å²) in [4.78, 5) is 19.0. The van der Waals surface area contributed by atoms with Gasteiger partial charge in [0.05, 0.1) is 18.1 Å². The van der Waals surface area contributed by atoms with Crippen molar-refractivity contribution in [2.24, 2.45) is 4.99 Å². The SMILES string of the molecule is O=C1N=C(N2CCOCC2)S/C1=C/c1ccccc1OS(=O)(=O)c1ccccc1. The maximum atomic E-state index is 12.6. The van der Waals surface area contributed by atoms with Crippen molar-refractivity contribution < 1.29 is 22.1 Å². The Morgan fingerprint density at radius 1 is 1.03 bits per heavy atom. The van der Waals surface area contributed by atoms with Crippen molar-refractivity contribution in [2.45, 2.75) is 4.90 Å². The molecule has 0 unspecified atom stereocenters. The number of aliphatic imine (C=N–C) groups is 1. The zero-order valence-corrected chi connectivity index (χ0v) is 17.0. The first-order valence-electron chi connectivity index (χ1n) is 8.97. The van der Waals surface area contributed by atoms with E-state index in [4.69, 9.17) is 8.92 Å². The van der Waals surface area contributed by atoms with E-state index in [9.17, 15) is 13.2 Å². The van der Waals surface area contributed by atoms with Gasteiger partial charge in [0.15, 0.2) is 5.17 Å². The third-order valence-corrected chi connectivity index (χ3v) is 6.62. The molecule has 0 N–H and O–H groups in total. The van der Waals surface area contributed by atoms with Gasteiger partial charge in [0.2, 0.25) is 0 Å². The Morgan fingerprint density at radius 2 is 1.72 bits per heavy atom. The lowest BCUT2D eigenvalue weighted by Crippen LogP contribution is -2.38. The van der Waals surface area contributed by atoms with E-state index in [2.05, 4.69) is 4.99 Å². The van der Waals surface area contributed by atoms with E-state index in [1.54, 1.807) is 48.5 Å². The number of amides is 1. The van der Waals surface area contributed by atoms with Gasteiger partial charge < -0.3 is 13.8 Å². The molecule has 2 aromatic carbocycles. The fraction of sp³-hybridized carbons (Fsp3) is 0.200. The Labute approximate surface area is 173 Å². The Kier molecular flexibility index (Phi) is 5.70. The van der Waals surface area contributed by atoms with E-state index in [1.807, 2.05) is 4.90 Å². The third kappa shape index (κ3) is 4.52. The maximum absolute atomic E-state index is 12.6. The predicted octanol–water partition coefficient (Wildman–Crippen LogP) is 2.76. The standard InChI is InChI=1S/C20H18N2O5S2/c23-19-18(28-20(21-19)22-10-12-26-13-11-22)14-15-6-4-5-9-17(15)27-29(24,25)16-7-2-1-3-8-16/h1-9,14H,10-13H2/b18-14+. The van der Waals surface area contributed by atoms with Gasteiger partial charge in [-0.25, -0.2) is 0 Å². The topological polar surface area (TPSA) is 85.3 Å². The first-order valence-corrected chi connectivity index (χ1v) is 11.2. The highest BCUT2D eigenvalue weighted by Gasteiger charge is 2.27. The summed E-state index contributed by atoms with van der Waals surface area (Å²) in [6.07, 6.45) is 1.61. The molecule has 1 amide bonds. The second-order valence-corrected chi connectivity index (χ2v) is 8.85. The number of ether oxygens (including phenoxy) is 1. The van der Waals surface area contributed by atoms with Crippen LogP contribution in [-0.4, -0.2) is 50.7 Å². The number of carbonyl (C=O) groups is 1. The molecule has 0 bridgehead atoms. The largest absolute Gasteiger partial charge is 0.378 e. The van der Waals surface area contributed by atoms with Crippen molar-refractivity contribution >= 4 is 39.0 Å². The summed E-state index contributed by atoms with van der Waals surface area (Å²) in [5, 5.41) is 0.639. The molecular formula is C20H18N2O5S2. The molecule has 2 aromatic rings. The molecular weight excluding hydrogens is 412 g/mol. The lowest BCUT2D eigenvalue weighted by Gasteiger charge is -2.27. The summed E-state index contributed by atoms with van der Waals surface area (Å²) in [5.74, 6) is -0.200. The van der Waals surface area contributed by atoms with Crippen LogP contribution in [0.25, 0.3) is 6.08 Å². The van der Waals surface area contributed by atoms with Crippen molar-refractivity contribution in [3.05, 3.63) is 65.1 Å². The number of para-hydroxylation sites is 1. The molecule has 29 heavy (non-hydrogen) atoms. The van der Waals surface area contributed by atoms with Gasteiger partial charge in [-0.15, -0.1) is 0 Å². The molecule has 0 saturated carbocycles. The van der Waals surface area contributed by atoms with E-state index >= 15 is 0 Å². The monoisotopic (exact) mass is 430 g/mol. The first kappa shape index (κ1) is 19.7. The van der Waals surface area contributed by atoms with Crippen LogP contribution in [0.2, 0.25) is 0 Å². The highest BCUT2D eigenvalue weighted by atomic mass is 32.2. The Bertz CT molecular complexity index is 1080. The van der Waals surface area contributed by atoms with Gasteiger partial charge in [-0.1, -0.05) is 36.4 Å². The maximum Gasteiger partial charge on any atom is 0.339 e. The number of rotatable bonds is 4. The second kappa shape index (κ2) is 8.40. The van der Waals surface area contributed by atoms with Gasteiger partial charge in [-0.3, -0.25) is 4.79 Å². The van der Waals surface area contributed by atoms with Crippen LogP contribution in [-0.2, 0) is 19.6 Å². The average Bonchev–Trinajstić information content (AvgIpc) is 3.11. The summed E-state index contributed by atoms with van der Waals surface area (Å²) in [6, 6.07) is 14.6. The van der Waals surface area contributed by atoms with Crippen molar-refractivity contribution in [1.29, 1.82) is 0 Å². The minimum absolute atomic E-state index is 0.0618. The average molecular weight is 431 g/mol. The van der Waals surface area contributed by atoms with Crippen molar-refractivity contribution in [2.75, 3.05) is 26.3 Å². The smallest absolute Gasteiger partial charge is 0.339 e. The molecule has 150 valence electrons. The minimum Gasteiger partial charge on any atom is -0.378 e. The van der Waals surface area contributed by atoms with Crippen LogP contribution >= 0.6 is 11.8 Å². The first-order chi connectivity index (χ1) is 14.0. The summed E-state index contributed by atoms with van der Waals surface area (Å²) >= 11 is 1.27. The van der Waals surface area contributed by atoms with Crippen LogP contribution in [0.15, 0.2) is 69.4 Å². The second-order valence-electron chi connectivity index (χ2n) is 6.30. The number of carbonyl (C=O) groups excluding carboxylic acids is 1. The van der Waals surface area contributed by atoms with Gasteiger partial charge in [-0.05, 0) is 36.0 Å². The van der Waals surface area contributed by atoms with Gasteiger partial charge >= 0.3 is 10.1 Å². The quantitative estimate of drug-likeness (QED) is 0.545. The zero-order valence-electron chi connectivity index (χ0n) is 15.4. The summed E-state index contributed by atoms with van der Waals surface area (Å²) in [7, 11) is -3.98. The van der Waals surface area contributed by atoms with Gasteiger partial charge in [0.25, 0.3) is 5.91 Å². The van der Waals surface area contributed by atoms with Crippen LogP contribution in [0, 0.1) is 0 Å². The number of benzene rings is 2. The van der Waals surface area contributed by atoms with E-state index in [-0.39, 0.29) is 16.6 Å². The van der Waals surface area contributed by atoms with Crippen LogP contribution in [0.4, 0.5) is 0 Å². The van der Waals surface area contributed by atoms with Gasteiger partial charge in [0.1, 0.15) is 10.6 Å². The number of thioether (sulfide) groups is 1. The molecule has 7 nitrogen and oxygen atoms in total. The number of nitrogens with zero attached hydrogens (tertiary/aromatic N) is 2. The molecule has 1 fully saturated rings. The molecule has 1 saturated heterocycles. The summed E-state index contributed by atoms with van der Waals surface area (Å²) in [6.45, 7) is 2.56. The Morgan fingerprint density at radius 3 is 2.48 bits per heavy atom. The van der Waals surface area contributed by atoms with E-state index in [0.717, 1.165) is 0 Å². The molecule has 0 spiro atoms. The summed E-state index contributed by atoms with van der Waals surface area (Å²) < 4.78 is 35.8. The Balaban J connectivity index is 1.57. The molecule has 0 atom stereocenters. The fourth-order valence-corrected chi connectivity index (χ4v) is 4.79. The molecule has 9 heteroatoms.